The molecule has 1 heterocycles. The first-order valence-corrected chi connectivity index (χ1v) is 9.54. The minimum absolute atomic E-state index is 0.0360. The predicted molar refractivity (Wildman–Crippen MR) is 102 cm³/mol. The van der Waals surface area contributed by atoms with Crippen LogP contribution in [0.3, 0.4) is 0 Å². The molecule has 134 valence electrons. The van der Waals surface area contributed by atoms with Crippen molar-refractivity contribution in [1.29, 1.82) is 0 Å². The summed E-state index contributed by atoms with van der Waals surface area (Å²) < 4.78 is 6.94. The number of non-ortho nitro benzene ring substituents is 1. The average Bonchev–Trinajstić information content (AvgIpc) is 3.06. The Morgan fingerprint density at radius 2 is 2.08 bits per heavy atom. The number of nitrogens with zero attached hydrogens (tertiary/aromatic N) is 2. The van der Waals surface area contributed by atoms with Crippen LogP contribution in [0.25, 0.3) is 10.2 Å². The van der Waals surface area contributed by atoms with E-state index in [4.69, 9.17) is 4.74 Å². The van der Waals surface area contributed by atoms with Crippen LogP contribution in [-0.2, 0) is 4.79 Å². The summed E-state index contributed by atoms with van der Waals surface area (Å²) in [5.74, 6) is 0.879. The number of ether oxygens (including phenoxy) is 1. The summed E-state index contributed by atoms with van der Waals surface area (Å²) in [6.45, 7) is 0.811. The van der Waals surface area contributed by atoms with Crippen molar-refractivity contribution in [2.75, 3.05) is 18.9 Å². The number of thiazole rings is 1. The maximum atomic E-state index is 11.9. The Kier molecular flexibility index (Phi) is 6.03. The van der Waals surface area contributed by atoms with E-state index < -0.39 is 4.92 Å². The smallest absolute Gasteiger partial charge is 0.270 e. The number of fused-ring (bicyclic) bond motifs is 1. The van der Waals surface area contributed by atoms with Crippen molar-refractivity contribution in [3.63, 3.8) is 0 Å². The van der Waals surface area contributed by atoms with E-state index in [1.165, 1.54) is 35.2 Å². The summed E-state index contributed by atoms with van der Waals surface area (Å²) in [7, 11) is 0. The van der Waals surface area contributed by atoms with Crippen LogP contribution in [0, 0.1) is 10.1 Å². The number of carbonyl (C=O) groups excluding carboxylic acids is 1. The highest BCUT2D eigenvalue weighted by molar-refractivity contribution is 8.01. The maximum absolute atomic E-state index is 11.9. The van der Waals surface area contributed by atoms with Crippen molar-refractivity contribution in [3.05, 3.63) is 58.6 Å². The number of carbonyl (C=O) groups is 1. The molecular weight excluding hydrogens is 374 g/mol. The third-order valence-corrected chi connectivity index (χ3v) is 5.49. The Morgan fingerprint density at radius 1 is 1.27 bits per heavy atom. The normalized spacial score (nSPS) is 10.6. The number of para-hydroxylation sites is 1. The minimum Gasteiger partial charge on any atom is -0.492 e. The highest BCUT2D eigenvalue weighted by Crippen LogP contribution is 2.31. The molecule has 3 rings (SSSR count). The van der Waals surface area contributed by atoms with E-state index in [1.807, 2.05) is 30.3 Å². The largest absolute Gasteiger partial charge is 0.492 e. The topological polar surface area (TPSA) is 94.4 Å². The SMILES string of the molecule is O=C(CSc1nc2ccc([N+](=O)[O-])cc2s1)NCCOc1ccccc1. The fraction of sp³-hybridized carbons (Fsp3) is 0.176. The molecule has 0 aliphatic carbocycles. The van der Waals surface area contributed by atoms with E-state index in [1.54, 1.807) is 6.07 Å². The number of benzene rings is 2. The van der Waals surface area contributed by atoms with Gasteiger partial charge in [-0.3, -0.25) is 14.9 Å². The van der Waals surface area contributed by atoms with Crippen LogP contribution in [0.4, 0.5) is 5.69 Å². The van der Waals surface area contributed by atoms with Crippen molar-refractivity contribution < 1.29 is 14.5 Å². The van der Waals surface area contributed by atoms with E-state index in [0.29, 0.717) is 23.0 Å². The molecule has 0 spiro atoms. The maximum Gasteiger partial charge on any atom is 0.270 e. The lowest BCUT2D eigenvalue weighted by atomic mass is 10.3. The Labute approximate surface area is 157 Å². The number of nitro groups is 1. The van der Waals surface area contributed by atoms with Crippen molar-refractivity contribution >= 4 is 44.9 Å². The Morgan fingerprint density at radius 3 is 2.85 bits per heavy atom. The van der Waals surface area contributed by atoms with Crippen LogP contribution in [0.2, 0.25) is 0 Å². The number of hydrogen-bond acceptors (Lipinski definition) is 7. The molecule has 2 aromatic carbocycles. The Hall–Kier alpha value is -2.65. The van der Waals surface area contributed by atoms with Crippen molar-refractivity contribution in [1.82, 2.24) is 10.3 Å². The van der Waals surface area contributed by atoms with Gasteiger partial charge >= 0.3 is 0 Å². The van der Waals surface area contributed by atoms with Gasteiger partial charge in [-0.15, -0.1) is 11.3 Å². The summed E-state index contributed by atoms with van der Waals surface area (Å²) >= 11 is 2.65. The van der Waals surface area contributed by atoms with E-state index in [-0.39, 0.29) is 17.3 Å². The average molecular weight is 389 g/mol. The molecule has 0 aliphatic heterocycles. The number of amides is 1. The van der Waals surface area contributed by atoms with Gasteiger partial charge < -0.3 is 10.1 Å². The molecule has 0 aliphatic rings. The number of hydrogen-bond donors (Lipinski definition) is 1. The van der Waals surface area contributed by atoms with E-state index in [0.717, 1.165) is 10.4 Å². The van der Waals surface area contributed by atoms with Gasteiger partial charge in [-0.25, -0.2) is 4.98 Å². The quantitative estimate of drug-likeness (QED) is 0.274. The first-order chi connectivity index (χ1) is 12.6. The highest BCUT2D eigenvalue weighted by atomic mass is 32.2. The third-order valence-electron chi connectivity index (χ3n) is 3.33. The lowest BCUT2D eigenvalue weighted by molar-refractivity contribution is -0.384. The molecule has 0 radical (unpaired) electrons. The molecule has 0 fully saturated rings. The number of nitro benzene ring substituents is 1. The molecule has 1 amide bonds. The summed E-state index contributed by atoms with van der Waals surface area (Å²) in [5.41, 5.74) is 0.730. The van der Waals surface area contributed by atoms with Crippen LogP contribution >= 0.6 is 23.1 Å². The minimum atomic E-state index is -0.434. The van der Waals surface area contributed by atoms with Gasteiger partial charge in [-0.2, -0.15) is 0 Å². The molecule has 0 bridgehead atoms. The second-order valence-corrected chi connectivity index (χ2v) is 7.44. The number of aromatic nitrogens is 1. The molecular formula is C17H15N3O4S2. The van der Waals surface area contributed by atoms with E-state index in [9.17, 15) is 14.9 Å². The van der Waals surface area contributed by atoms with Crippen molar-refractivity contribution in [2.45, 2.75) is 4.34 Å². The third kappa shape index (κ3) is 4.93. The first kappa shape index (κ1) is 18.2. The van der Waals surface area contributed by atoms with Gasteiger partial charge in [0, 0.05) is 12.1 Å². The molecule has 9 heteroatoms. The van der Waals surface area contributed by atoms with Gasteiger partial charge in [-0.1, -0.05) is 30.0 Å². The fourth-order valence-corrected chi connectivity index (χ4v) is 4.05. The number of rotatable bonds is 8. The van der Waals surface area contributed by atoms with Gasteiger partial charge in [0.05, 0.1) is 27.4 Å². The molecule has 0 unspecified atom stereocenters. The van der Waals surface area contributed by atoms with Crippen molar-refractivity contribution in [3.8, 4) is 5.75 Å². The van der Waals surface area contributed by atoms with Gasteiger partial charge in [0.2, 0.25) is 5.91 Å². The van der Waals surface area contributed by atoms with Gasteiger partial charge in [-0.05, 0) is 18.2 Å². The molecule has 0 saturated carbocycles. The zero-order valence-corrected chi connectivity index (χ0v) is 15.2. The van der Waals surface area contributed by atoms with Crippen LogP contribution in [0.15, 0.2) is 52.9 Å². The zero-order chi connectivity index (χ0) is 18.4. The summed E-state index contributed by atoms with van der Waals surface area (Å²) in [4.78, 5) is 26.6. The van der Waals surface area contributed by atoms with Gasteiger partial charge in [0.1, 0.15) is 12.4 Å². The molecule has 1 aromatic heterocycles. The summed E-state index contributed by atoms with van der Waals surface area (Å²) in [5, 5.41) is 13.6. The molecule has 3 aromatic rings. The summed E-state index contributed by atoms with van der Waals surface area (Å²) in [6, 6.07) is 13.9. The van der Waals surface area contributed by atoms with Crippen molar-refractivity contribution in [2.24, 2.45) is 0 Å². The lowest BCUT2D eigenvalue weighted by Gasteiger charge is -2.07. The first-order valence-electron chi connectivity index (χ1n) is 7.74. The van der Waals surface area contributed by atoms with E-state index in [2.05, 4.69) is 10.3 Å². The van der Waals surface area contributed by atoms with Crippen LogP contribution < -0.4 is 10.1 Å². The lowest BCUT2D eigenvalue weighted by Crippen LogP contribution is -2.29. The predicted octanol–water partition coefficient (Wildman–Crippen LogP) is 3.49. The van der Waals surface area contributed by atoms with Gasteiger partial charge in [0.25, 0.3) is 5.69 Å². The fourth-order valence-electron chi connectivity index (χ4n) is 2.12. The van der Waals surface area contributed by atoms with Crippen LogP contribution in [0.1, 0.15) is 0 Å². The number of thioether (sulfide) groups is 1. The Bertz CT molecular complexity index is 915. The van der Waals surface area contributed by atoms with E-state index >= 15 is 0 Å². The molecule has 1 N–H and O–H groups in total. The number of nitrogens with one attached hydrogen (secondary N) is 1. The second kappa shape index (κ2) is 8.63. The zero-order valence-electron chi connectivity index (χ0n) is 13.6. The van der Waals surface area contributed by atoms with Crippen LogP contribution in [-0.4, -0.2) is 34.7 Å². The monoisotopic (exact) mass is 389 g/mol. The second-order valence-electron chi connectivity index (χ2n) is 5.19. The molecule has 0 saturated heterocycles. The van der Waals surface area contributed by atoms with Crippen LogP contribution in [0.5, 0.6) is 5.75 Å². The molecule has 26 heavy (non-hydrogen) atoms. The highest BCUT2D eigenvalue weighted by Gasteiger charge is 2.11. The van der Waals surface area contributed by atoms with Gasteiger partial charge in [0.15, 0.2) is 4.34 Å². The molecule has 0 atom stereocenters. The molecule has 7 nitrogen and oxygen atoms in total. The summed E-state index contributed by atoms with van der Waals surface area (Å²) in [6.07, 6.45) is 0. The Balaban J connectivity index is 1.44. The standard InChI is InChI=1S/C17H15N3O4S2/c21-16(18-8-9-24-13-4-2-1-3-5-13)11-25-17-19-14-7-6-12(20(22)23)10-15(14)26-17/h1-7,10H,8-9,11H2,(H,18,21).